The maximum atomic E-state index is 13.9. The van der Waals surface area contributed by atoms with Gasteiger partial charge in [-0.15, -0.1) is 20.4 Å². The fourth-order valence-corrected chi connectivity index (χ4v) is 7.82. The van der Waals surface area contributed by atoms with Crippen LogP contribution in [0.5, 0.6) is 0 Å². The Labute approximate surface area is 326 Å². The van der Waals surface area contributed by atoms with Crippen LogP contribution in [0, 0.1) is 0 Å². The van der Waals surface area contributed by atoms with Gasteiger partial charge in [-0.2, -0.15) is 5.06 Å². The number of hydrogen-bond donors (Lipinski definition) is 2. The SMILES string of the molecule is CN(C)[C@@H](CON1CCC[C@H]1c1ncc(-c2ccc(-c3ccc(-c4cnc([C@@H]5CCCN5C(=O)[C@@H](c5ccccc5)N(C)C)[nH]4)nn3)nn2)[nH]1)c1ccccc1. The third-order valence-electron chi connectivity index (χ3n) is 10.8. The van der Waals surface area contributed by atoms with E-state index in [4.69, 9.17) is 14.8 Å². The molecule has 14 nitrogen and oxygen atoms in total. The molecule has 2 aromatic carbocycles. The number of hydroxylamine groups is 2. The van der Waals surface area contributed by atoms with Crippen molar-refractivity contribution in [3.8, 4) is 34.2 Å². The van der Waals surface area contributed by atoms with E-state index >= 15 is 0 Å². The lowest BCUT2D eigenvalue weighted by atomic mass is 10.0. The lowest BCUT2D eigenvalue weighted by Crippen LogP contribution is -2.40. The second-order valence-corrected chi connectivity index (χ2v) is 14.9. The first-order chi connectivity index (χ1) is 27.3. The van der Waals surface area contributed by atoms with Gasteiger partial charge in [-0.25, -0.2) is 9.97 Å². The topological polar surface area (TPSA) is 148 Å². The van der Waals surface area contributed by atoms with E-state index in [1.165, 1.54) is 5.56 Å². The van der Waals surface area contributed by atoms with Crippen molar-refractivity contribution < 1.29 is 9.63 Å². The van der Waals surface area contributed by atoms with Crippen LogP contribution in [0.15, 0.2) is 97.3 Å². The molecule has 2 saturated heterocycles. The Morgan fingerprint density at radius 2 is 1.20 bits per heavy atom. The van der Waals surface area contributed by atoms with Crippen molar-refractivity contribution in [1.82, 2.24) is 60.1 Å². The van der Waals surface area contributed by atoms with Gasteiger partial charge in [0.1, 0.15) is 40.5 Å². The van der Waals surface area contributed by atoms with Crippen molar-refractivity contribution in [3.63, 3.8) is 0 Å². The molecule has 0 aliphatic carbocycles. The summed E-state index contributed by atoms with van der Waals surface area (Å²) < 4.78 is 0. The molecule has 288 valence electrons. The molecule has 4 aromatic heterocycles. The van der Waals surface area contributed by atoms with E-state index in [0.29, 0.717) is 35.9 Å². The summed E-state index contributed by atoms with van der Waals surface area (Å²) in [5.41, 5.74) is 6.27. The molecule has 0 spiro atoms. The molecule has 2 aliphatic heterocycles. The number of benzene rings is 2. The van der Waals surface area contributed by atoms with E-state index in [9.17, 15) is 4.79 Å². The molecule has 0 unspecified atom stereocenters. The molecule has 6 heterocycles. The summed E-state index contributed by atoms with van der Waals surface area (Å²) in [6.45, 7) is 2.08. The lowest BCUT2D eigenvalue weighted by molar-refractivity contribution is -0.183. The Morgan fingerprint density at radius 1 is 0.679 bits per heavy atom. The van der Waals surface area contributed by atoms with Crippen LogP contribution >= 0.6 is 0 Å². The number of amides is 1. The van der Waals surface area contributed by atoms with Crippen LogP contribution < -0.4 is 0 Å². The van der Waals surface area contributed by atoms with Crippen LogP contribution in [0.3, 0.4) is 0 Å². The number of nitrogens with one attached hydrogen (secondary N) is 2. The van der Waals surface area contributed by atoms with Crippen molar-refractivity contribution >= 4 is 5.91 Å². The number of aromatic amines is 2. The highest BCUT2D eigenvalue weighted by molar-refractivity contribution is 5.84. The Bertz CT molecular complexity index is 2190. The smallest absolute Gasteiger partial charge is 0.245 e. The standard InChI is InChI=1S/C42H48N12O2/c1-51(2)38(28-13-7-5-8-14-28)27-56-54-24-12-18-37(54)41-44-26-35(46-41)33-22-20-31(48-50-33)30-19-21-32(49-47-30)34-25-43-40(45-34)36-17-11-23-53(36)42(55)39(52(3)4)29-15-9-6-10-16-29/h5-10,13-16,19-22,25-26,36-39H,11-12,17-18,23-24,27H2,1-4H3,(H,43,45)(H,44,46)/t36-,37-,38-,39+/m0/s1. The summed E-state index contributed by atoms with van der Waals surface area (Å²) in [4.78, 5) is 42.7. The minimum Gasteiger partial charge on any atom is -0.339 e. The van der Waals surface area contributed by atoms with Gasteiger partial charge < -0.3 is 19.8 Å². The average molecular weight is 753 g/mol. The van der Waals surface area contributed by atoms with E-state index in [2.05, 4.69) is 78.7 Å². The van der Waals surface area contributed by atoms with Gasteiger partial charge in [0.15, 0.2) is 0 Å². The Hall–Kier alpha value is -5.67. The first-order valence-electron chi connectivity index (χ1n) is 19.2. The molecular weight excluding hydrogens is 705 g/mol. The van der Waals surface area contributed by atoms with Crippen molar-refractivity contribution in [1.29, 1.82) is 0 Å². The molecule has 0 saturated carbocycles. The van der Waals surface area contributed by atoms with Gasteiger partial charge in [0.25, 0.3) is 0 Å². The van der Waals surface area contributed by atoms with E-state index in [1.54, 1.807) is 12.4 Å². The van der Waals surface area contributed by atoms with Crippen molar-refractivity contribution in [2.75, 3.05) is 47.9 Å². The van der Waals surface area contributed by atoms with Crippen LogP contribution in [-0.2, 0) is 9.63 Å². The number of H-pyrrole nitrogens is 2. The Balaban J connectivity index is 0.903. The first-order valence-corrected chi connectivity index (χ1v) is 19.2. The van der Waals surface area contributed by atoms with E-state index < -0.39 is 0 Å². The number of hydrogen-bond acceptors (Lipinski definition) is 11. The van der Waals surface area contributed by atoms with Crippen LogP contribution in [0.2, 0.25) is 0 Å². The van der Waals surface area contributed by atoms with E-state index in [-0.39, 0.29) is 30.1 Å². The largest absolute Gasteiger partial charge is 0.339 e. The predicted octanol–water partition coefficient (Wildman–Crippen LogP) is 6.05. The van der Waals surface area contributed by atoms with Gasteiger partial charge in [0, 0.05) is 13.1 Å². The number of imidazole rings is 2. The molecule has 8 rings (SSSR count). The molecule has 0 bridgehead atoms. The Morgan fingerprint density at radius 3 is 1.75 bits per heavy atom. The maximum Gasteiger partial charge on any atom is 0.245 e. The maximum absolute atomic E-state index is 13.9. The van der Waals surface area contributed by atoms with Crippen LogP contribution in [-0.4, -0.2) is 114 Å². The molecular formula is C42H48N12O2. The minimum absolute atomic E-state index is 0.0315. The highest BCUT2D eigenvalue weighted by atomic mass is 16.7. The highest BCUT2D eigenvalue weighted by Gasteiger charge is 2.37. The highest BCUT2D eigenvalue weighted by Crippen LogP contribution is 2.36. The van der Waals surface area contributed by atoms with Crippen molar-refractivity contribution in [2.24, 2.45) is 0 Å². The normalized spacial score (nSPS) is 18.6. The molecule has 14 heteroatoms. The van der Waals surface area contributed by atoms with Gasteiger partial charge in [0.05, 0.1) is 48.5 Å². The molecule has 2 aliphatic rings. The number of likely N-dealkylation sites (N-methyl/N-ethyl adjacent to an activating group) is 2. The lowest BCUT2D eigenvalue weighted by Gasteiger charge is -2.31. The molecule has 6 aromatic rings. The number of nitrogens with zero attached hydrogens (tertiary/aromatic N) is 10. The molecule has 1 amide bonds. The summed E-state index contributed by atoms with van der Waals surface area (Å²) in [7, 11) is 8.04. The summed E-state index contributed by atoms with van der Waals surface area (Å²) >= 11 is 0. The number of likely N-dealkylation sites (tertiary alicyclic amines) is 1. The van der Waals surface area contributed by atoms with Crippen LogP contribution in [0.1, 0.15) is 72.6 Å². The van der Waals surface area contributed by atoms with E-state index in [0.717, 1.165) is 60.8 Å². The monoisotopic (exact) mass is 752 g/mol. The number of carbonyl (C=O) groups excluding carboxylic acids is 1. The minimum atomic E-state index is -0.367. The second-order valence-electron chi connectivity index (χ2n) is 14.9. The van der Waals surface area contributed by atoms with Crippen LogP contribution in [0.25, 0.3) is 34.2 Å². The van der Waals surface area contributed by atoms with Crippen molar-refractivity contribution in [3.05, 3.63) is 120 Å². The zero-order valence-corrected chi connectivity index (χ0v) is 32.3. The van der Waals surface area contributed by atoms with Gasteiger partial charge in [0.2, 0.25) is 5.91 Å². The number of carbonyl (C=O) groups is 1. The Kier molecular flexibility index (Phi) is 11.0. The average Bonchev–Trinajstić information content (AvgIpc) is 4.06. The summed E-state index contributed by atoms with van der Waals surface area (Å²) in [6, 6.07) is 27.6. The zero-order valence-electron chi connectivity index (χ0n) is 32.3. The quantitative estimate of drug-likeness (QED) is 0.142. The molecule has 0 radical (unpaired) electrons. The van der Waals surface area contributed by atoms with Crippen molar-refractivity contribution in [2.45, 2.75) is 49.9 Å². The van der Waals surface area contributed by atoms with Crippen LogP contribution in [0.4, 0.5) is 0 Å². The van der Waals surface area contributed by atoms with Gasteiger partial charge in [-0.3, -0.25) is 14.5 Å². The summed E-state index contributed by atoms with van der Waals surface area (Å²) in [6.07, 6.45) is 7.30. The fraction of sp³-hybridized carbons (Fsp3) is 0.357. The van der Waals surface area contributed by atoms with Gasteiger partial charge in [-0.05, 0) is 89.3 Å². The number of rotatable bonds is 13. The summed E-state index contributed by atoms with van der Waals surface area (Å²) in [5.74, 6) is 1.68. The predicted molar refractivity (Wildman–Crippen MR) is 212 cm³/mol. The molecule has 2 fully saturated rings. The first kappa shape index (κ1) is 37.3. The second kappa shape index (κ2) is 16.6. The molecule has 4 atom stereocenters. The third-order valence-corrected chi connectivity index (χ3v) is 10.8. The molecule has 56 heavy (non-hydrogen) atoms. The fourth-order valence-electron chi connectivity index (χ4n) is 7.82. The summed E-state index contributed by atoms with van der Waals surface area (Å²) in [5, 5.41) is 20.0. The van der Waals surface area contributed by atoms with E-state index in [1.807, 2.05) is 84.6 Å². The number of aromatic nitrogens is 8. The van der Waals surface area contributed by atoms with Gasteiger partial charge in [-0.1, -0.05) is 60.7 Å². The molecule has 2 N–H and O–H groups in total. The van der Waals surface area contributed by atoms with Gasteiger partial charge >= 0.3 is 0 Å². The zero-order chi connectivity index (χ0) is 38.6. The third kappa shape index (κ3) is 7.86.